The Bertz CT molecular complexity index is 1860. The number of likely N-dealkylation sites (N-methyl/N-ethyl adjacent to an activating group) is 1. The molecule has 0 aliphatic carbocycles. The van der Waals surface area contributed by atoms with Crippen molar-refractivity contribution in [2.45, 2.75) is 19.4 Å². The average Bonchev–Trinajstić information content (AvgIpc) is 3.68. The Morgan fingerprint density at radius 1 is 1.24 bits per heavy atom. The Balaban J connectivity index is 1.34. The van der Waals surface area contributed by atoms with E-state index in [1.165, 1.54) is 18.2 Å². The maximum Gasteiger partial charge on any atom is 0.318 e. The number of anilines is 1. The van der Waals surface area contributed by atoms with Crippen LogP contribution in [0.2, 0.25) is 5.02 Å². The largest absolute Gasteiger partial charge is 0.467 e. The van der Waals surface area contributed by atoms with Crippen LogP contribution in [0.3, 0.4) is 0 Å². The highest BCUT2D eigenvalue weighted by Crippen LogP contribution is 2.41. The summed E-state index contributed by atoms with van der Waals surface area (Å²) in [5.41, 5.74) is 2.71. The first-order valence-electron chi connectivity index (χ1n) is 13.2. The van der Waals surface area contributed by atoms with Gasteiger partial charge in [0.1, 0.15) is 11.3 Å². The maximum atomic E-state index is 16.3. The molecule has 1 fully saturated rings. The third-order valence-electron chi connectivity index (χ3n) is 7.58. The van der Waals surface area contributed by atoms with Crippen LogP contribution in [0.25, 0.3) is 39.0 Å². The predicted molar refractivity (Wildman–Crippen MR) is 158 cm³/mol. The average molecular weight is 590 g/mol. The van der Waals surface area contributed by atoms with Gasteiger partial charge in [0.25, 0.3) is 5.91 Å². The molecule has 0 spiro atoms. The zero-order chi connectivity index (χ0) is 29.5. The maximum absolute atomic E-state index is 16.3. The molecule has 42 heavy (non-hydrogen) atoms. The standard InChI is InChI=1S/C30H26ClF2N7O2/c1-16-12-23-21(14-35-38-23)24(25(16)31)19-7-8-20-27(26(19)33)36-30(42-3)37-28(20)39(2)18-9-11-40(15-18)29(41)22(32)13-17-6-4-5-10-34-17/h4-8,10,12-14,18H,9,11,15H2,1-3H3,(H,35,38)/b22-13-. The molecule has 0 radical (unpaired) electrons. The van der Waals surface area contributed by atoms with Crippen molar-refractivity contribution in [3.8, 4) is 17.1 Å². The molecule has 1 aliphatic rings. The van der Waals surface area contributed by atoms with E-state index < -0.39 is 17.6 Å². The number of benzene rings is 2. The summed E-state index contributed by atoms with van der Waals surface area (Å²) in [6, 6.07) is 10.1. The Labute approximate surface area is 244 Å². The lowest BCUT2D eigenvalue weighted by atomic mass is 9.97. The first kappa shape index (κ1) is 27.5. The number of likely N-dealkylation sites (tertiary alicyclic amines) is 1. The van der Waals surface area contributed by atoms with E-state index in [0.717, 1.165) is 17.2 Å². The van der Waals surface area contributed by atoms with Crippen LogP contribution in [0.15, 0.2) is 54.6 Å². The van der Waals surface area contributed by atoms with Crippen molar-refractivity contribution in [2.24, 2.45) is 0 Å². The van der Waals surface area contributed by atoms with E-state index in [4.69, 9.17) is 16.3 Å². The fraction of sp³-hybridized carbons (Fsp3) is 0.233. The Morgan fingerprint density at radius 3 is 2.83 bits per heavy atom. The van der Waals surface area contributed by atoms with E-state index in [0.29, 0.717) is 45.8 Å². The molecule has 0 bridgehead atoms. The molecule has 1 N–H and O–H groups in total. The van der Waals surface area contributed by atoms with E-state index in [1.807, 2.05) is 17.9 Å². The zero-order valence-corrected chi connectivity index (χ0v) is 23.8. The van der Waals surface area contributed by atoms with Crippen LogP contribution in [0.1, 0.15) is 17.7 Å². The Hall–Kier alpha value is -4.64. The van der Waals surface area contributed by atoms with E-state index in [-0.39, 0.29) is 29.7 Å². The van der Waals surface area contributed by atoms with Gasteiger partial charge in [0, 0.05) is 60.4 Å². The van der Waals surface area contributed by atoms with Crippen LogP contribution in [0.4, 0.5) is 14.6 Å². The lowest BCUT2D eigenvalue weighted by Crippen LogP contribution is -2.37. The summed E-state index contributed by atoms with van der Waals surface area (Å²) < 4.78 is 36.4. The molecule has 1 saturated heterocycles. The first-order chi connectivity index (χ1) is 20.3. The molecule has 1 atom stereocenters. The minimum atomic E-state index is -0.887. The van der Waals surface area contributed by atoms with Crippen LogP contribution in [0, 0.1) is 12.7 Å². The second kappa shape index (κ2) is 11.0. The van der Waals surface area contributed by atoms with Gasteiger partial charge in [0.15, 0.2) is 11.6 Å². The quantitative estimate of drug-likeness (QED) is 0.253. The van der Waals surface area contributed by atoms with Crippen molar-refractivity contribution >= 4 is 51.2 Å². The highest BCUT2D eigenvalue weighted by atomic mass is 35.5. The summed E-state index contributed by atoms with van der Waals surface area (Å²) in [4.78, 5) is 29.1. The number of aromatic amines is 1. The van der Waals surface area contributed by atoms with Gasteiger partial charge in [0.05, 0.1) is 29.5 Å². The minimum absolute atomic E-state index is 0.0144. The highest BCUT2D eigenvalue weighted by molar-refractivity contribution is 6.36. The molecule has 1 unspecified atom stereocenters. The molecule has 9 nitrogen and oxygen atoms in total. The number of rotatable bonds is 6. The molecule has 1 aliphatic heterocycles. The number of hydrogen-bond donors (Lipinski definition) is 1. The van der Waals surface area contributed by atoms with Gasteiger partial charge in [-0.3, -0.25) is 14.9 Å². The van der Waals surface area contributed by atoms with Crippen LogP contribution in [-0.4, -0.2) is 69.2 Å². The van der Waals surface area contributed by atoms with Crippen LogP contribution in [-0.2, 0) is 4.79 Å². The second-order valence-electron chi connectivity index (χ2n) is 10.1. The topological polar surface area (TPSA) is 100 Å². The van der Waals surface area contributed by atoms with Crippen molar-refractivity contribution < 1.29 is 18.3 Å². The number of ether oxygens (including phenoxy) is 1. The second-order valence-corrected chi connectivity index (χ2v) is 10.5. The van der Waals surface area contributed by atoms with Crippen LogP contribution >= 0.6 is 11.6 Å². The number of hydrogen-bond acceptors (Lipinski definition) is 7. The Kier molecular flexibility index (Phi) is 7.19. The number of amides is 1. The van der Waals surface area contributed by atoms with Gasteiger partial charge in [-0.1, -0.05) is 23.7 Å². The molecule has 5 aromatic rings. The minimum Gasteiger partial charge on any atom is -0.467 e. The van der Waals surface area contributed by atoms with Crippen molar-refractivity contribution in [2.75, 3.05) is 32.1 Å². The predicted octanol–water partition coefficient (Wildman–Crippen LogP) is 5.73. The monoisotopic (exact) mass is 589 g/mol. The molecule has 214 valence electrons. The van der Waals surface area contributed by atoms with Crippen molar-refractivity contribution in [1.29, 1.82) is 0 Å². The number of carbonyl (C=O) groups is 1. The molecule has 3 aromatic heterocycles. The summed E-state index contributed by atoms with van der Waals surface area (Å²) in [5, 5.41) is 8.58. The van der Waals surface area contributed by atoms with Gasteiger partial charge in [0.2, 0.25) is 0 Å². The van der Waals surface area contributed by atoms with Gasteiger partial charge in [-0.15, -0.1) is 0 Å². The highest BCUT2D eigenvalue weighted by Gasteiger charge is 2.32. The fourth-order valence-electron chi connectivity index (χ4n) is 5.36. The number of H-pyrrole nitrogens is 1. The van der Waals surface area contributed by atoms with Gasteiger partial charge in [-0.2, -0.15) is 15.1 Å². The molecular weight excluding hydrogens is 564 g/mol. The smallest absolute Gasteiger partial charge is 0.318 e. The van der Waals surface area contributed by atoms with Crippen molar-refractivity contribution in [1.82, 2.24) is 30.0 Å². The SMILES string of the molecule is COc1nc(N(C)C2CCN(C(=O)/C(F)=C/c3ccccn3)C2)c2ccc(-c3c(Cl)c(C)cc4[nH]ncc34)c(F)c2n1. The zero-order valence-electron chi connectivity index (χ0n) is 23.0. The summed E-state index contributed by atoms with van der Waals surface area (Å²) in [6.45, 7) is 2.45. The molecule has 12 heteroatoms. The number of nitrogens with one attached hydrogen (secondary N) is 1. The number of aromatic nitrogens is 5. The number of methoxy groups -OCH3 is 1. The van der Waals surface area contributed by atoms with E-state index >= 15 is 4.39 Å². The third-order valence-corrected chi connectivity index (χ3v) is 8.07. The number of pyridine rings is 1. The molecule has 6 rings (SSSR count). The van der Waals surface area contributed by atoms with Crippen LogP contribution in [0.5, 0.6) is 6.01 Å². The van der Waals surface area contributed by atoms with Crippen molar-refractivity contribution in [3.63, 3.8) is 0 Å². The molecule has 0 saturated carbocycles. The molecule has 2 aromatic carbocycles. The van der Waals surface area contributed by atoms with Crippen LogP contribution < -0.4 is 9.64 Å². The summed E-state index contributed by atoms with van der Waals surface area (Å²) in [5.74, 6) is -1.75. The molecular formula is C30H26ClF2N7O2. The summed E-state index contributed by atoms with van der Waals surface area (Å²) >= 11 is 6.68. The first-order valence-corrected chi connectivity index (χ1v) is 13.6. The van der Waals surface area contributed by atoms with E-state index in [9.17, 15) is 9.18 Å². The molecule has 4 heterocycles. The summed E-state index contributed by atoms with van der Waals surface area (Å²) in [6.07, 6.45) is 4.83. The van der Waals surface area contributed by atoms with Crippen molar-refractivity contribution in [3.05, 3.63) is 76.7 Å². The number of nitrogens with zero attached hydrogens (tertiary/aromatic N) is 6. The number of fused-ring (bicyclic) bond motifs is 2. The molecule has 1 amide bonds. The fourth-order valence-corrected chi connectivity index (χ4v) is 5.62. The summed E-state index contributed by atoms with van der Waals surface area (Å²) in [7, 11) is 3.21. The van der Waals surface area contributed by atoms with Gasteiger partial charge < -0.3 is 14.5 Å². The number of carbonyl (C=O) groups excluding carboxylic acids is 1. The normalized spacial score (nSPS) is 15.5. The lowest BCUT2D eigenvalue weighted by Gasteiger charge is -2.27. The van der Waals surface area contributed by atoms with Gasteiger partial charge in [-0.25, -0.2) is 8.78 Å². The van der Waals surface area contributed by atoms with E-state index in [2.05, 4.69) is 25.1 Å². The van der Waals surface area contributed by atoms with E-state index in [1.54, 1.807) is 43.6 Å². The Morgan fingerprint density at radius 2 is 2.07 bits per heavy atom. The lowest BCUT2D eigenvalue weighted by molar-refractivity contribution is -0.127. The number of halogens is 3. The van der Waals surface area contributed by atoms with Gasteiger partial charge >= 0.3 is 6.01 Å². The number of aryl methyl sites for hydroxylation is 1. The van der Waals surface area contributed by atoms with Gasteiger partial charge in [-0.05, 0) is 43.2 Å². The third kappa shape index (κ3) is 4.79.